The minimum absolute atomic E-state index is 0.177. The smallest absolute Gasteiger partial charge is 0.203 e. The molecule has 0 spiro atoms. The molecule has 0 bridgehead atoms. The first-order valence-corrected chi connectivity index (χ1v) is 10.6. The van der Waals surface area contributed by atoms with Crippen molar-refractivity contribution in [3.8, 4) is 11.3 Å². The van der Waals surface area contributed by atoms with Gasteiger partial charge >= 0.3 is 0 Å². The molecule has 32 heavy (non-hydrogen) atoms. The van der Waals surface area contributed by atoms with Crippen molar-refractivity contribution >= 4 is 22.6 Å². The summed E-state index contributed by atoms with van der Waals surface area (Å²) in [5.74, 6) is 0.349. The van der Waals surface area contributed by atoms with Crippen molar-refractivity contribution in [2.24, 2.45) is 0 Å². The molecule has 0 aliphatic rings. The summed E-state index contributed by atoms with van der Waals surface area (Å²) in [5.41, 5.74) is 4.71. The highest BCUT2D eigenvalue weighted by molar-refractivity contribution is 6.30. The van der Waals surface area contributed by atoms with E-state index in [-0.39, 0.29) is 6.54 Å². The molecule has 5 rings (SSSR count). The fourth-order valence-corrected chi connectivity index (χ4v) is 4.00. The topological polar surface area (TPSA) is 80.0 Å². The molecule has 2 heterocycles. The number of para-hydroxylation sites is 2. The van der Waals surface area contributed by atoms with Gasteiger partial charge in [-0.1, -0.05) is 71.4 Å². The van der Waals surface area contributed by atoms with Gasteiger partial charge in [0.1, 0.15) is 11.8 Å². The van der Waals surface area contributed by atoms with Crippen molar-refractivity contribution in [2.45, 2.75) is 19.2 Å². The lowest BCUT2D eigenvalue weighted by molar-refractivity contribution is 0.121. The van der Waals surface area contributed by atoms with E-state index in [1.807, 2.05) is 71.3 Å². The Morgan fingerprint density at radius 1 is 0.906 bits per heavy atom. The van der Waals surface area contributed by atoms with Gasteiger partial charge in [0.05, 0.1) is 24.1 Å². The van der Waals surface area contributed by atoms with Gasteiger partial charge in [0, 0.05) is 16.7 Å². The molecule has 0 fully saturated rings. The lowest BCUT2D eigenvalue weighted by atomic mass is 10.1. The van der Waals surface area contributed by atoms with Crippen molar-refractivity contribution < 1.29 is 9.63 Å². The van der Waals surface area contributed by atoms with E-state index in [1.54, 1.807) is 22.8 Å². The molecule has 2 aromatic heterocycles. The van der Waals surface area contributed by atoms with Crippen LogP contribution in [-0.2, 0) is 13.1 Å². The van der Waals surface area contributed by atoms with Gasteiger partial charge in [0.25, 0.3) is 0 Å². The number of hydrogen-bond acceptors (Lipinski definition) is 4. The van der Waals surface area contributed by atoms with E-state index >= 15 is 0 Å². The minimum atomic E-state index is -0.950. The van der Waals surface area contributed by atoms with Crippen LogP contribution in [0.3, 0.4) is 0 Å². The normalized spacial score (nSPS) is 12.3. The third-order valence-electron chi connectivity index (χ3n) is 5.51. The Hall–Kier alpha value is -3.61. The van der Waals surface area contributed by atoms with E-state index < -0.39 is 6.10 Å². The molecule has 0 aliphatic heterocycles. The van der Waals surface area contributed by atoms with E-state index in [0.717, 1.165) is 22.2 Å². The van der Waals surface area contributed by atoms with E-state index in [2.05, 4.69) is 5.16 Å². The third kappa shape index (κ3) is 3.86. The van der Waals surface area contributed by atoms with E-state index in [4.69, 9.17) is 21.5 Å². The summed E-state index contributed by atoms with van der Waals surface area (Å²) in [6.45, 7) is 0.753. The Morgan fingerprint density at radius 2 is 1.56 bits per heavy atom. The lowest BCUT2D eigenvalue weighted by Crippen LogP contribution is -2.27. The quantitative estimate of drug-likeness (QED) is 0.386. The number of imidazole rings is 1. The molecule has 2 N–H and O–H groups in total. The standard InChI is InChI=1S/C25H21ClN4O2/c26-19-12-10-18(11-13-19)20-14-24(32-28-20)23(31)16-30-22-9-5-4-8-21(22)29(25(30)27)15-17-6-2-1-3-7-17/h1-14,23,27,31H,15-16H2. The number of benzene rings is 3. The number of aliphatic hydroxyl groups is 1. The van der Waals surface area contributed by atoms with Crippen molar-refractivity contribution in [1.29, 1.82) is 5.41 Å². The average Bonchev–Trinajstić information content (AvgIpc) is 3.41. The highest BCUT2D eigenvalue weighted by Crippen LogP contribution is 2.25. The maximum Gasteiger partial charge on any atom is 0.203 e. The maximum absolute atomic E-state index is 10.9. The molecule has 5 aromatic rings. The Morgan fingerprint density at radius 3 is 2.28 bits per heavy atom. The highest BCUT2D eigenvalue weighted by atomic mass is 35.5. The fraction of sp³-hybridized carbons (Fsp3) is 0.120. The zero-order chi connectivity index (χ0) is 22.1. The summed E-state index contributed by atoms with van der Waals surface area (Å²) in [6, 6.07) is 26.9. The van der Waals surface area contributed by atoms with Gasteiger partial charge in [-0.15, -0.1) is 0 Å². The lowest BCUT2D eigenvalue weighted by Gasteiger charge is -2.09. The van der Waals surface area contributed by atoms with Crippen LogP contribution in [0.4, 0.5) is 0 Å². The number of aromatic nitrogens is 3. The van der Waals surface area contributed by atoms with Crippen LogP contribution in [0.2, 0.25) is 5.02 Å². The average molecular weight is 445 g/mol. The van der Waals surface area contributed by atoms with Crippen LogP contribution in [0.1, 0.15) is 17.4 Å². The summed E-state index contributed by atoms with van der Waals surface area (Å²) in [5, 5.41) is 24.4. The summed E-state index contributed by atoms with van der Waals surface area (Å²) >= 11 is 5.95. The fourth-order valence-electron chi connectivity index (χ4n) is 3.87. The number of aliphatic hydroxyl groups excluding tert-OH is 1. The maximum atomic E-state index is 10.9. The number of rotatable bonds is 6. The number of nitrogens with one attached hydrogen (secondary N) is 1. The Labute approximate surface area is 189 Å². The largest absolute Gasteiger partial charge is 0.383 e. The van der Waals surface area contributed by atoms with Gasteiger partial charge in [-0.2, -0.15) is 0 Å². The Kier molecular flexibility index (Phi) is 5.39. The summed E-state index contributed by atoms with van der Waals surface area (Å²) < 4.78 is 9.16. The first-order valence-electron chi connectivity index (χ1n) is 10.3. The van der Waals surface area contributed by atoms with Gasteiger partial charge in [0.2, 0.25) is 5.62 Å². The van der Waals surface area contributed by atoms with E-state index in [1.165, 1.54) is 0 Å². The van der Waals surface area contributed by atoms with Gasteiger partial charge in [-0.3, -0.25) is 5.41 Å². The zero-order valence-corrected chi connectivity index (χ0v) is 17.9. The predicted octanol–water partition coefficient (Wildman–Crippen LogP) is 5.01. The molecule has 1 atom stereocenters. The first kappa shape index (κ1) is 20.3. The molecule has 0 amide bonds. The van der Waals surface area contributed by atoms with Gasteiger partial charge < -0.3 is 18.8 Å². The van der Waals surface area contributed by atoms with Crippen LogP contribution in [0.15, 0.2) is 89.5 Å². The predicted molar refractivity (Wildman–Crippen MR) is 123 cm³/mol. The molecule has 0 aliphatic carbocycles. The Balaban J connectivity index is 1.46. The van der Waals surface area contributed by atoms with Gasteiger partial charge in [0.15, 0.2) is 5.76 Å². The number of fused-ring (bicyclic) bond motifs is 1. The number of hydrogen-bond donors (Lipinski definition) is 2. The molecule has 0 saturated carbocycles. The molecule has 6 nitrogen and oxygen atoms in total. The van der Waals surface area contributed by atoms with Crippen LogP contribution in [0.5, 0.6) is 0 Å². The molecular weight excluding hydrogens is 424 g/mol. The van der Waals surface area contributed by atoms with Gasteiger partial charge in [-0.05, 0) is 29.8 Å². The third-order valence-corrected chi connectivity index (χ3v) is 5.76. The molecule has 160 valence electrons. The molecule has 0 saturated heterocycles. The van der Waals surface area contributed by atoms with E-state index in [9.17, 15) is 5.11 Å². The zero-order valence-electron chi connectivity index (χ0n) is 17.1. The highest BCUT2D eigenvalue weighted by Gasteiger charge is 2.19. The Bertz CT molecular complexity index is 1420. The summed E-state index contributed by atoms with van der Waals surface area (Å²) in [7, 11) is 0. The monoisotopic (exact) mass is 444 g/mol. The van der Waals surface area contributed by atoms with Crippen LogP contribution in [0, 0.1) is 5.41 Å². The van der Waals surface area contributed by atoms with Gasteiger partial charge in [-0.25, -0.2) is 0 Å². The van der Waals surface area contributed by atoms with Crippen molar-refractivity contribution in [3.05, 3.63) is 107 Å². The minimum Gasteiger partial charge on any atom is -0.383 e. The SMILES string of the molecule is N=c1n(Cc2ccccc2)c2ccccc2n1CC(O)c1cc(-c2ccc(Cl)cc2)no1. The second-order valence-electron chi connectivity index (χ2n) is 7.63. The van der Waals surface area contributed by atoms with Crippen LogP contribution in [-0.4, -0.2) is 19.4 Å². The van der Waals surface area contributed by atoms with E-state index in [0.29, 0.717) is 28.6 Å². The second kappa shape index (κ2) is 8.49. The van der Waals surface area contributed by atoms with Crippen molar-refractivity contribution in [1.82, 2.24) is 14.3 Å². The number of nitrogens with zero attached hydrogens (tertiary/aromatic N) is 3. The number of halogens is 1. The molecular formula is C25H21ClN4O2. The van der Waals surface area contributed by atoms with Crippen molar-refractivity contribution in [2.75, 3.05) is 0 Å². The van der Waals surface area contributed by atoms with Crippen LogP contribution in [0.25, 0.3) is 22.3 Å². The molecule has 3 aromatic carbocycles. The molecule has 1 unspecified atom stereocenters. The summed E-state index contributed by atoms with van der Waals surface area (Å²) in [6.07, 6.45) is -0.950. The van der Waals surface area contributed by atoms with Crippen molar-refractivity contribution in [3.63, 3.8) is 0 Å². The molecule has 7 heteroatoms. The second-order valence-corrected chi connectivity index (χ2v) is 8.07. The van der Waals surface area contributed by atoms with Crippen LogP contribution >= 0.6 is 11.6 Å². The summed E-state index contributed by atoms with van der Waals surface area (Å²) in [4.78, 5) is 0. The first-order chi connectivity index (χ1) is 15.6. The van der Waals surface area contributed by atoms with Crippen LogP contribution < -0.4 is 5.62 Å². The molecule has 0 radical (unpaired) electrons.